The molecule has 5 heteroatoms. The second kappa shape index (κ2) is 4.23. The van der Waals surface area contributed by atoms with Gasteiger partial charge in [0.15, 0.2) is 0 Å². The van der Waals surface area contributed by atoms with Crippen molar-refractivity contribution < 1.29 is 9.53 Å². The first-order valence-corrected chi connectivity index (χ1v) is 5.80. The third-order valence-electron chi connectivity index (χ3n) is 3.26. The average molecular weight is 223 g/mol. The van der Waals surface area contributed by atoms with Gasteiger partial charge in [0.05, 0.1) is 6.61 Å². The van der Waals surface area contributed by atoms with Gasteiger partial charge >= 0.3 is 5.97 Å². The van der Waals surface area contributed by atoms with E-state index in [0.717, 1.165) is 31.6 Å². The molecule has 1 aromatic rings. The normalized spacial score (nSPS) is 17.9. The van der Waals surface area contributed by atoms with Crippen LogP contribution in [-0.2, 0) is 21.5 Å². The van der Waals surface area contributed by atoms with Crippen molar-refractivity contribution in [2.75, 3.05) is 6.61 Å². The summed E-state index contributed by atoms with van der Waals surface area (Å²) >= 11 is 0. The van der Waals surface area contributed by atoms with E-state index in [1.165, 1.54) is 0 Å². The van der Waals surface area contributed by atoms with Crippen molar-refractivity contribution in [3.63, 3.8) is 0 Å². The molecular weight excluding hydrogens is 206 g/mol. The second-order valence-electron chi connectivity index (χ2n) is 4.10. The molecule has 0 saturated heterocycles. The van der Waals surface area contributed by atoms with Crippen LogP contribution in [0.3, 0.4) is 0 Å². The Bertz CT molecular complexity index is 382. The summed E-state index contributed by atoms with van der Waals surface area (Å²) in [6, 6.07) is 0. The van der Waals surface area contributed by atoms with Crippen molar-refractivity contribution in [3.05, 3.63) is 12.2 Å². The highest BCUT2D eigenvalue weighted by Gasteiger charge is 2.50. The van der Waals surface area contributed by atoms with Gasteiger partial charge in [-0.25, -0.2) is 0 Å². The molecule has 1 aliphatic carbocycles. The third-order valence-corrected chi connectivity index (χ3v) is 3.26. The maximum atomic E-state index is 12.0. The van der Waals surface area contributed by atoms with Crippen molar-refractivity contribution in [1.29, 1.82) is 0 Å². The zero-order valence-corrected chi connectivity index (χ0v) is 9.77. The molecule has 0 bridgehead atoms. The van der Waals surface area contributed by atoms with Crippen molar-refractivity contribution in [1.82, 2.24) is 14.8 Å². The first-order chi connectivity index (χ1) is 7.74. The van der Waals surface area contributed by atoms with Crippen LogP contribution in [0.2, 0.25) is 0 Å². The van der Waals surface area contributed by atoms with Crippen LogP contribution in [0.15, 0.2) is 6.33 Å². The maximum absolute atomic E-state index is 12.0. The minimum absolute atomic E-state index is 0.149. The molecule has 0 aliphatic heterocycles. The molecule has 1 aromatic heterocycles. The summed E-state index contributed by atoms with van der Waals surface area (Å²) in [5.74, 6) is 0.614. The van der Waals surface area contributed by atoms with Gasteiger partial charge < -0.3 is 9.30 Å². The van der Waals surface area contributed by atoms with Crippen LogP contribution in [0, 0.1) is 0 Å². The average Bonchev–Trinajstić information content (AvgIpc) is 2.65. The van der Waals surface area contributed by atoms with Crippen LogP contribution >= 0.6 is 0 Å². The number of carbonyl (C=O) groups is 1. The van der Waals surface area contributed by atoms with Gasteiger partial charge in [-0.1, -0.05) is 6.42 Å². The lowest BCUT2D eigenvalue weighted by molar-refractivity contribution is -0.154. The number of nitrogens with zero attached hydrogens (tertiary/aromatic N) is 3. The molecule has 16 heavy (non-hydrogen) atoms. The lowest BCUT2D eigenvalue weighted by atomic mass is 9.68. The number of aryl methyl sites for hydroxylation is 1. The molecular formula is C11H17N3O2. The summed E-state index contributed by atoms with van der Waals surface area (Å²) in [7, 11) is 0. The summed E-state index contributed by atoms with van der Waals surface area (Å²) in [6.45, 7) is 5.05. The molecule has 1 aliphatic rings. The van der Waals surface area contributed by atoms with E-state index in [1.54, 1.807) is 6.33 Å². The van der Waals surface area contributed by atoms with Gasteiger partial charge in [-0.05, 0) is 26.7 Å². The van der Waals surface area contributed by atoms with Crippen molar-refractivity contribution >= 4 is 5.97 Å². The lowest BCUT2D eigenvalue weighted by Gasteiger charge is -2.37. The molecule has 88 valence electrons. The fourth-order valence-electron chi connectivity index (χ4n) is 2.18. The number of rotatable bonds is 4. The fraction of sp³-hybridized carbons (Fsp3) is 0.727. The van der Waals surface area contributed by atoms with Crippen LogP contribution in [0.25, 0.3) is 0 Å². The van der Waals surface area contributed by atoms with E-state index in [4.69, 9.17) is 4.74 Å². The van der Waals surface area contributed by atoms with Crippen LogP contribution in [0.4, 0.5) is 0 Å². The summed E-state index contributed by atoms with van der Waals surface area (Å²) in [4.78, 5) is 12.0. The highest BCUT2D eigenvalue weighted by molar-refractivity contribution is 5.83. The molecule has 2 rings (SSSR count). The molecule has 0 amide bonds. The van der Waals surface area contributed by atoms with Gasteiger partial charge in [0.1, 0.15) is 17.6 Å². The molecule has 0 spiro atoms. The Kier molecular flexibility index (Phi) is 2.94. The molecule has 0 radical (unpaired) electrons. The highest BCUT2D eigenvalue weighted by atomic mass is 16.5. The van der Waals surface area contributed by atoms with Crippen molar-refractivity contribution in [2.45, 2.75) is 45.1 Å². The molecule has 1 fully saturated rings. The number of aromatic nitrogens is 3. The van der Waals surface area contributed by atoms with Gasteiger partial charge in [-0.15, -0.1) is 10.2 Å². The summed E-state index contributed by atoms with van der Waals surface area (Å²) in [6.07, 6.45) is 4.37. The molecule has 1 saturated carbocycles. The smallest absolute Gasteiger partial charge is 0.319 e. The molecule has 1 heterocycles. The van der Waals surface area contributed by atoms with E-state index < -0.39 is 5.41 Å². The quantitative estimate of drug-likeness (QED) is 0.721. The van der Waals surface area contributed by atoms with E-state index in [1.807, 2.05) is 18.4 Å². The SMILES string of the molecule is CCOC(=O)C1(c2nncn2CC)CCC1. The fourth-order valence-corrected chi connectivity index (χ4v) is 2.18. The van der Waals surface area contributed by atoms with E-state index in [-0.39, 0.29) is 5.97 Å². The van der Waals surface area contributed by atoms with Gasteiger partial charge in [0, 0.05) is 6.54 Å². The van der Waals surface area contributed by atoms with Gasteiger partial charge in [-0.3, -0.25) is 4.79 Å². The van der Waals surface area contributed by atoms with E-state index in [0.29, 0.717) is 6.61 Å². The Morgan fingerprint density at radius 2 is 2.31 bits per heavy atom. The third kappa shape index (κ3) is 1.50. The number of carbonyl (C=O) groups excluding carboxylic acids is 1. The summed E-state index contributed by atoms with van der Waals surface area (Å²) in [5, 5.41) is 7.99. The van der Waals surface area contributed by atoms with Gasteiger partial charge in [0.25, 0.3) is 0 Å². The number of hydrogen-bond acceptors (Lipinski definition) is 4. The Balaban J connectivity index is 2.31. The zero-order chi connectivity index (χ0) is 11.6. The van der Waals surface area contributed by atoms with E-state index in [2.05, 4.69) is 10.2 Å². The predicted octanol–water partition coefficient (Wildman–Crippen LogP) is 1.28. The largest absolute Gasteiger partial charge is 0.465 e. The van der Waals surface area contributed by atoms with Crippen LogP contribution in [0.5, 0.6) is 0 Å². The first kappa shape index (κ1) is 11.1. The number of hydrogen-bond donors (Lipinski definition) is 0. The topological polar surface area (TPSA) is 57.0 Å². The standard InChI is InChI=1S/C11H17N3O2/c1-3-14-8-12-13-9(14)11(6-5-7-11)10(15)16-4-2/h8H,3-7H2,1-2H3. The van der Waals surface area contributed by atoms with Crippen molar-refractivity contribution in [3.8, 4) is 0 Å². The Morgan fingerprint density at radius 3 is 2.81 bits per heavy atom. The molecule has 0 unspecified atom stereocenters. The van der Waals surface area contributed by atoms with E-state index >= 15 is 0 Å². The van der Waals surface area contributed by atoms with Crippen molar-refractivity contribution in [2.24, 2.45) is 0 Å². The Morgan fingerprint density at radius 1 is 1.56 bits per heavy atom. The lowest BCUT2D eigenvalue weighted by Crippen LogP contribution is -2.45. The van der Waals surface area contributed by atoms with Crippen LogP contribution < -0.4 is 0 Å². The molecule has 0 N–H and O–H groups in total. The summed E-state index contributed by atoms with van der Waals surface area (Å²) in [5.41, 5.74) is -0.525. The van der Waals surface area contributed by atoms with E-state index in [9.17, 15) is 4.79 Å². The number of esters is 1. The zero-order valence-electron chi connectivity index (χ0n) is 9.77. The molecule has 0 atom stereocenters. The summed E-state index contributed by atoms with van der Waals surface area (Å²) < 4.78 is 7.08. The number of ether oxygens (including phenoxy) is 1. The van der Waals surface area contributed by atoms with Crippen LogP contribution in [0.1, 0.15) is 38.9 Å². The highest BCUT2D eigenvalue weighted by Crippen LogP contribution is 2.43. The van der Waals surface area contributed by atoms with Gasteiger partial charge in [-0.2, -0.15) is 0 Å². The maximum Gasteiger partial charge on any atom is 0.319 e. The monoisotopic (exact) mass is 223 g/mol. The van der Waals surface area contributed by atoms with Gasteiger partial charge in [0.2, 0.25) is 0 Å². The molecule has 0 aromatic carbocycles. The second-order valence-corrected chi connectivity index (χ2v) is 4.10. The minimum atomic E-state index is -0.525. The minimum Gasteiger partial charge on any atom is -0.465 e. The predicted molar refractivity (Wildman–Crippen MR) is 57.9 cm³/mol. The Labute approximate surface area is 94.8 Å². The molecule has 5 nitrogen and oxygen atoms in total. The first-order valence-electron chi connectivity index (χ1n) is 5.80. The van der Waals surface area contributed by atoms with Crippen LogP contribution in [-0.4, -0.2) is 27.3 Å². The Hall–Kier alpha value is -1.39.